The molecule has 24 heavy (non-hydrogen) atoms. The van der Waals surface area contributed by atoms with Crippen LogP contribution in [0.1, 0.15) is 5.56 Å². The summed E-state index contributed by atoms with van der Waals surface area (Å²) in [6.07, 6.45) is 1.58. The van der Waals surface area contributed by atoms with Crippen molar-refractivity contribution in [3.63, 3.8) is 0 Å². The van der Waals surface area contributed by atoms with Gasteiger partial charge in [0.25, 0.3) is 10.0 Å². The third-order valence-electron chi connectivity index (χ3n) is 3.40. The lowest BCUT2D eigenvalue weighted by atomic mass is 10.2. The molecule has 0 amide bonds. The van der Waals surface area contributed by atoms with E-state index >= 15 is 0 Å². The van der Waals surface area contributed by atoms with Crippen LogP contribution in [0.5, 0.6) is 0 Å². The van der Waals surface area contributed by atoms with Crippen molar-refractivity contribution in [1.29, 1.82) is 0 Å². The zero-order valence-electron chi connectivity index (χ0n) is 13.8. The largest absolute Gasteiger partial charge is 0.308 e. The molecule has 0 aliphatic rings. The van der Waals surface area contributed by atoms with Crippen molar-refractivity contribution >= 4 is 33.4 Å². The summed E-state index contributed by atoms with van der Waals surface area (Å²) in [6, 6.07) is 16.1. The van der Waals surface area contributed by atoms with Crippen LogP contribution in [0.3, 0.4) is 0 Å². The topological polar surface area (TPSA) is 40.6 Å². The van der Waals surface area contributed by atoms with Crippen LogP contribution >= 0.6 is 11.6 Å². The van der Waals surface area contributed by atoms with E-state index in [4.69, 9.17) is 11.6 Å². The normalized spacial score (nSPS) is 12.0. The van der Waals surface area contributed by atoms with E-state index in [-0.39, 0.29) is 0 Å². The Balaban J connectivity index is 2.27. The maximum absolute atomic E-state index is 12.8. The van der Waals surface area contributed by atoms with Gasteiger partial charge in [0.15, 0.2) is 0 Å². The summed E-state index contributed by atoms with van der Waals surface area (Å²) >= 11 is 5.85. The van der Waals surface area contributed by atoms with Gasteiger partial charge in [0.1, 0.15) is 0 Å². The molecule has 0 aliphatic carbocycles. The number of hydrogen-bond acceptors (Lipinski definition) is 3. The van der Waals surface area contributed by atoms with Gasteiger partial charge in [-0.05, 0) is 50.0 Å². The molecule has 6 heteroatoms. The van der Waals surface area contributed by atoms with Crippen LogP contribution < -0.4 is 4.31 Å². The minimum Gasteiger partial charge on any atom is -0.308 e. The first-order chi connectivity index (χ1) is 11.4. The minimum atomic E-state index is -3.59. The predicted molar refractivity (Wildman–Crippen MR) is 102 cm³/mol. The number of anilines is 1. The second kappa shape index (κ2) is 8.33. The van der Waals surface area contributed by atoms with Crippen LogP contribution in [0.2, 0.25) is 5.02 Å². The van der Waals surface area contributed by atoms with E-state index in [0.29, 0.717) is 23.8 Å². The smallest absolute Gasteiger partial charge is 0.257 e. The average Bonchev–Trinajstić information content (AvgIpc) is 2.55. The molecule has 0 fully saturated rings. The van der Waals surface area contributed by atoms with Crippen molar-refractivity contribution in [2.24, 2.45) is 0 Å². The third kappa shape index (κ3) is 5.37. The van der Waals surface area contributed by atoms with Gasteiger partial charge in [0.2, 0.25) is 0 Å². The van der Waals surface area contributed by atoms with Crippen molar-refractivity contribution in [1.82, 2.24) is 4.90 Å². The molecule has 0 unspecified atom stereocenters. The van der Waals surface area contributed by atoms with Crippen LogP contribution in [0, 0.1) is 0 Å². The molecule has 4 nitrogen and oxygen atoms in total. The van der Waals surface area contributed by atoms with Gasteiger partial charge in [0.05, 0.1) is 11.1 Å². The highest BCUT2D eigenvalue weighted by Gasteiger charge is 2.19. The fourth-order valence-corrected chi connectivity index (χ4v) is 3.45. The minimum absolute atomic E-state index is 0.379. The second-order valence-electron chi connectivity index (χ2n) is 5.61. The van der Waals surface area contributed by atoms with E-state index in [0.717, 1.165) is 5.56 Å². The number of hydrogen-bond donors (Lipinski definition) is 0. The fraction of sp³-hybridized carbons (Fsp3) is 0.222. The fourth-order valence-electron chi connectivity index (χ4n) is 2.10. The van der Waals surface area contributed by atoms with Gasteiger partial charge in [-0.15, -0.1) is 0 Å². The molecular weight excluding hydrogens is 344 g/mol. The first-order valence-electron chi connectivity index (χ1n) is 7.55. The molecule has 2 aromatic rings. The Morgan fingerprint density at radius 2 is 1.58 bits per heavy atom. The van der Waals surface area contributed by atoms with E-state index in [1.165, 1.54) is 9.71 Å². The second-order valence-corrected chi connectivity index (χ2v) is 7.79. The molecule has 0 aromatic heterocycles. The van der Waals surface area contributed by atoms with Gasteiger partial charge in [-0.1, -0.05) is 41.9 Å². The average molecular weight is 365 g/mol. The standard InChI is InChI=1S/C18H21ClN2O2S/c1-20(2)13-14-21(18-6-4-3-5-7-18)24(22,23)15-12-16-8-10-17(19)11-9-16/h3-12,15H,13-14H2,1-2H3/b15-12+. The zero-order chi connectivity index (χ0) is 17.6. The highest BCUT2D eigenvalue weighted by molar-refractivity contribution is 7.95. The van der Waals surface area contributed by atoms with Crippen molar-refractivity contribution in [3.05, 3.63) is 70.6 Å². The summed E-state index contributed by atoms with van der Waals surface area (Å²) in [5.74, 6) is 0. The number of likely N-dealkylation sites (N-methyl/N-ethyl adjacent to an activating group) is 1. The lowest BCUT2D eigenvalue weighted by molar-refractivity contribution is 0.420. The maximum atomic E-state index is 12.8. The molecule has 0 spiro atoms. The Kier molecular flexibility index (Phi) is 6.43. The van der Waals surface area contributed by atoms with Crippen molar-refractivity contribution in [2.75, 3.05) is 31.5 Å². The van der Waals surface area contributed by atoms with Gasteiger partial charge in [-0.2, -0.15) is 0 Å². The van der Waals surface area contributed by atoms with Crippen LogP contribution in [0.15, 0.2) is 60.0 Å². The van der Waals surface area contributed by atoms with Crippen molar-refractivity contribution in [3.8, 4) is 0 Å². The molecule has 0 N–H and O–H groups in total. The molecule has 0 aliphatic heterocycles. The monoisotopic (exact) mass is 364 g/mol. The quantitative estimate of drug-likeness (QED) is 0.752. The Morgan fingerprint density at radius 3 is 2.17 bits per heavy atom. The molecular formula is C18H21ClN2O2S. The van der Waals surface area contributed by atoms with Gasteiger partial charge < -0.3 is 4.90 Å². The Bertz CT molecular complexity index is 772. The molecule has 0 atom stereocenters. The third-order valence-corrected chi connectivity index (χ3v) is 5.14. The summed E-state index contributed by atoms with van der Waals surface area (Å²) in [6.45, 7) is 1.01. The highest BCUT2D eigenvalue weighted by Crippen LogP contribution is 2.19. The molecule has 2 rings (SSSR count). The highest BCUT2D eigenvalue weighted by atomic mass is 35.5. The van der Waals surface area contributed by atoms with Crippen LogP contribution in [-0.2, 0) is 10.0 Å². The molecule has 128 valence electrons. The summed E-state index contributed by atoms with van der Waals surface area (Å²) in [4.78, 5) is 1.95. The lowest BCUT2D eigenvalue weighted by Crippen LogP contribution is -2.35. The Hall–Kier alpha value is -1.82. The van der Waals surface area contributed by atoms with E-state index < -0.39 is 10.0 Å². The lowest BCUT2D eigenvalue weighted by Gasteiger charge is -2.24. The first-order valence-corrected chi connectivity index (χ1v) is 9.43. The van der Waals surface area contributed by atoms with Gasteiger partial charge >= 0.3 is 0 Å². The molecule has 0 radical (unpaired) electrons. The van der Waals surface area contributed by atoms with Gasteiger partial charge in [0, 0.05) is 18.1 Å². The van der Waals surface area contributed by atoms with Crippen LogP contribution in [0.25, 0.3) is 6.08 Å². The number of sulfonamides is 1. The number of nitrogens with zero attached hydrogens (tertiary/aromatic N) is 2. The van der Waals surface area contributed by atoms with E-state index in [1.807, 2.05) is 37.2 Å². The maximum Gasteiger partial charge on any atom is 0.257 e. The van der Waals surface area contributed by atoms with Crippen molar-refractivity contribution < 1.29 is 8.42 Å². The SMILES string of the molecule is CN(C)CCN(c1ccccc1)S(=O)(=O)/C=C/c1ccc(Cl)cc1. The number of halogens is 1. The number of para-hydroxylation sites is 1. The van der Waals surface area contributed by atoms with Crippen LogP contribution in [0.4, 0.5) is 5.69 Å². The Labute approximate surface area is 149 Å². The van der Waals surface area contributed by atoms with E-state index in [9.17, 15) is 8.42 Å². The molecule has 0 heterocycles. The molecule has 0 bridgehead atoms. The van der Waals surface area contributed by atoms with Crippen LogP contribution in [-0.4, -0.2) is 40.5 Å². The molecule has 0 saturated carbocycles. The zero-order valence-corrected chi connectivity index (χ0v) is 15.3. The number of rotatable bonds is 7. The summed E-state index contributed by atoms with van der Waals surface area (Å²) in [5, 5.41) is 1.85. The summed E-state index contributed by atoms with van der Waals surface area (Å²) in [7, 11) is 0.246. The van der Waals surface area contributed by atoms with Gasteiger partial charge in [-0.3, -0.25) is 4.31 Å². The van der Waals surface area contributed by atoms with Gasteiger partial charge in [-0.25, -0.2) is 8.42 Å². The Morgan fingerprint density at radius 1 is 0.958 bits per heavy atom. The summed E-state index contributed by atoms with van der Waals surface area (Å²) < 4.78 is 27.0. The molecule has 0 saturated heterocycles. The number of benzene rings is 2. The van der Waals surface area contributed by atoms with Crippen molar-refractivity contribution in [2.45, 2.75) is 0 Å². The van der Waals surface area contributed by atoms with E-state index in [1.54, 1.807) is 42.5 Å². The summed E-state index contributed by atoms with van der Waals surface area (Å²) in [5.41, 5.74) is 1.43. The van der Waals surface area contributed by atoms with E-state index in [2.05, 4.69) is 0 Å². The first kappa shape index (κ1) is 18.5. The molecule has 2 aromatic carbocycles. The predicted octanol–water partition coefficient (Wildman–Crippen LogP) is 3.71.